The van der Waals surface area contributed by atoms with Gasteiger partial charge in [-0.25, -0.2) is 9.97 Å². The van der Waals surface area contributed by atoms with Gasteiger partial charge in [0.15, 0.2) is 0 Å². The van der Waals surface area contributed by atoms with Crippen LogP contribution >= 0.6 is 0 Å². The third-order valence-corrected chi connectivity index (χ3v) is 3.74. The summed E-state index contributed by atoms with van der Waals surface area (Å²) < 4.78 is 10.6. The van der Waals surface area contributed by atoms with E-state index in [1.165, 1.54) is 0 Å². The summed E-state index contributed by atoms with van der Waals surface area (Å²) in [5.74, 6) is 0. The van der Waals surface area contributed by atoms with E-state index in [1.807, 2.05) is 19.5 Å². The SMILES string of the molecule is CCC1(OC)CCN(Cc2cnc(OC)nc2)C1. The summed E-state index contributed by atoms with van der Waals surface area (Å²) >= 11 is 0. The van der Waals surface area contributed by atoms with E-state index in [9.17, 15) is 0 Å². The average Bonchev–Trinajstić information content (AvgIpc) is 2.84. The largest absolute Gasteiger partial charge is 0.467 e. The molecular formula is C13H21N3O2. The van der Waals surface area contributed by atoms with Gasteiger partial charge in [0.1, 0.15) is 0 Å². The second-order valence-electron chi connectivity index (χ2n) is 4.78. The fraction of sp³-hybridized carbons (Fsp3) is 0.692. The molecule has 0 bridgehead atoms. The Morgan fingerprint density at radius 1 is 1.33 bits per heavy atom. The summed E-state index contributed by atoms with van der Waals surface area (Å²) in [4.78, 5) is 10.6. The summed E-state index contributed by atoms with van der Waals surface area (Å²) in [7, 11) is 3.38. The lowest BCUT2D eigenvalue weighted by Crippen LogP contribution is -2.34. The van der Waals surface area contributed by atoms with Crippen LogP contribution in [-0.4, -0.2) is 47.8 Å². The number of hydrogen-bond donors (Lipinski definition) is 0. The maximum atomic E-state index is 5.66. The van der Waals surface area contributed by atoms with Crippen LogP contribution in [0.25, 0.3) is 0 Å². The number of hydrogen-bond acceptors (Lipinski definition) is 5. The van der Waals surface area contributed by atoms with Gasteiger partial charge in [-0.2, -0.15) is 0 Å². The van der Waals surface area contributed by atoms with Crippen LogP contribution in [0.15, 0.2) is 12.4 Å². The molecule has 2 heterocycles. The van der Waals surface area contributed by atoms with Crippen molar-refractivity contribution in [3.05, 3.63) is 18.0 Å². The third-order valence-electron chi connectivity index (χ3n) is 3.74. The second-order valence-corrected chi connectivity index (χ2v) is 4.78. The quantitative estimate of drug-likeness (QED) is 0.793. The maximum absolute atomic E-state index is 5.66. The predicted molar refractivity (Wildman–Crippen MR) is 68.5 cm³/mol. The van der Waals surface area contributed by atoms with E-state index in [2.05, 4.69) is 21.8 Å². The Labute approximate surface area is 108 Å². The standard InChI is InChI=1S/C13H21N3O2/c1-4-13(18-3)5-6-16(10-13)9-11-7-14-12(17-2)15-8-11/h7-8H,4-6,9-10H2,1-3H3. The van der Waals surface area contributed by atoms with Gasteiger partial charge < -0.3 is 9.47 Å². The fourth-order valence-electron chi connectivity index (χ4n) is 2.45. The zero-order chi connectivity index (χ0) is 13.0. The molecule has 1 aromatic heterocycles. The van der Waals surface area contributed by atoms with E-state index in [1.54, 1.807) is 7.11 Å². The Morgan fingerprint density at radius 3 is 2.56 bits per heavy atom. The highest BCUT2D eigenvalue weighted by atomic mass is 16.5. The van der Waals surface area contributed by atoms with E-state index in [4.69, 9.17) is 9.47 Å². The first-order valence-corrected chi connectivity index (χ1v) is 6.34. The molecule has 5 heteroatoms. The maximum Gasteiger partial charge on any atom is 0.316 e. The van der Waals surface area contributed by atoms with Crippen molar-refractivity contribution in [3.8, 4) is 6.01 Å². The molecule has 18 heavy (non-hydrogen) atoms. The molecule has 0 N–H and O–H groups in total. The number of aromatic nitrogens is 2. The molecule has 0 aliphatic carbocycles. The first-order chi connectivity index (χ1) is 8.71. The highest BCUT2D eigenvalue weighted by Gasteiger charge is 2.36. The molecule has 0 spiro atoms. The smallest absolute Gasteiger partial charge is 0.316 e. The van der Waals surface area contributed by atoms with Gasteiger partial charge in [-0.15, -0.1) is 0 Å². The summed E-state index contributed by atoms with van der Waals surface area (Å²) in [6.07, 6.45) is 5.80. The normalized spacial score (nSPS) is 24.4. The van der Waals surface area contributed by atoms with Gasteiger partial charge in [0.25, 0.3) is 0 Å². The number of rotatable bonds is 5. The minimum atomic E-state index is 0.0350. The van der Waals surface area contributed by atoms with Gasteiger partial charge in [-0.3, -0.25) is 4.90 Å². The first kappa shape index (κ1) is 13.2. The van der Waals surface area contributed by atoms with E-state index >= 15 is 0 Å². The lowest BCUT2D eigenvalue weighted by molar-refractivity contribution is -0.00505. The summed E-state index contributed by atoms with van der Waals surface area (Å²) in [6, 6.07) is 0.417. The summed E-state index contributed by atoms with van der Waals surface area (Å²) in [6.45, 7) is 5.10. The first-order valence-electron chi connectivity index (χ1n) is 6.34. The van der Waals surface area contributed by atoms with Crippen LogP contribution in [0.3, 0.4) is 0 Å². The molecule has 1 saturated heterocycles. The minimum Gasteiger partial charge on any atom is -0.467 e. The summed E-state index contributed by atoms with van der Waals surface area (Å²) in [5, 5.41) is 0. The van der Waals surface area contributed by atoms with Crippen molar-refractivity contribution in [2.75, 3.05) is 27.3 Å². The van der Waals surface area contributed by atoms with Crippen molar-refractivity contribution in [1.29, 1.82) is 0 Å². The van der Waals surface area contributed by atoms with Crippen molar-refractivity contribution >= 4 is 0 Å². The molecule has 1 atom stereocenters. The van der Waals surface area contributed by atoms with Gasteiger partial charge >= 0.3 is 6.01 Å². The Balaban J connectivity index is 1.94. The summed E-state index contributed by atoms with van der Waals surface area (Å²) in [5.41, 5.74) is 1.15. The van der Waals surface area contributed by atoms with Crippen molar-refractivity contribution in [1.82, 2.24) is 14.9 Å². The molecule has 1 unspecified atom stereocenters. The molecule has 0 aromatic carbocycles. The molecular weight excluding hydrogens is 230 g/mol. The number of methoxy groups -OCH3 is 2. The predicted octanol–water partition coefficient (Wildman–Crippen LogP) is 1.49. The van der Waals surface area contributed by atoms with Crippen LogP contribution in [-0.2, 0) is 11.3 Å². The molecule has 1 aliphatic heterocycles. The molecule has 0 saturated carbocycles. The van der Waals surface area contributed by atoms with E-state index in [0.717, 1.165) is 38.0 Å². The van der Waals surface area contributed by atoms with Crippen LogP contribution in [0.5, 0.6) is 6.01 Å². The molecule has 5 nitrogen and oxygen atoms in total. The topological polar surface area (TPSA) is 47.5 Å². The van der Waals surface area contributed by atoms with E-state index in [0.29, 0.717) is 6.01 Å². The fourth-order valence-corrected chi connectivity index (χ4v) is 2.45. The van der Waals surface area contributed by atoms with Crippen molar-refractivity contribution in [2.45, 2.75) is 31.9 Å². The van der Waals surface area contributed by atoms with Crippen LogP contribution in [0.4, 0.5) is 0 Å². The number of nitrogens with zero attached hydrogens (tertiary/aromatic N) is 3. The minimum absolute atomic E-state index is 0.0350. The third kappa shape index (κ3) is 2.79. The zero-order valence-corrected chi connectivity index (χ0v) is 11.3. The van der Waals surface area contributed by atoms with Gasteiger partial charge in [0.05, 0.1) is 12.7 Å². The molecule has 1 fully saturated rings. The Bertz CT molecular complexity index is 376. The van der Waals surface area contributed by atoms with Gasteiger partial charge in [0, 0.05) is 44.7 Å². The number of ether oxygens (including phenoxy) is 2. The molecule has 0 radical (unpaired) electrons. The molecule has 2 rings (SSSR count). The monoisotopic (exact) mass is 251 g/mol. The Hall–Kier alpha value is -1.20. The molecule has 0 amide bonds. The molecule has 1 aromatic rings. The number of likely N-dealkylation sites (tertiary alicyclic amines) is 1. The van der Waals surface area contributed by atoms with Gasteiger partial charge in [-0.05, 0) is 12.8 Å². The lowest BCUT2D eigenvalue weighted by atomic mass is 10.00. The lowest BCUT2D eigenvalue weighted by Gasteiger charge is -2.26. The molecule has 1 aliphatic rings. The van der Waals surface area contributed by atoms with Crippen molar-refractivity contribution in [3.63, 3.8) is 0 Å². The highest BCUT2D eigenvalue weighted by Crippen LogP contribution is 2.28. The highest BCUT2D eigenvalue weighted by molar-refractivity contribution is 5.08. The van der Waals surface area contributed by atoms with Gasteiger partial charge in [0.2, 0.25) is 0 Å². The van der Waals surface area contributed by atoms with Crippen LogP contribution in [0, 0.1) is 0 Å². The second kappa shape index (κ2) is 5.63. The zero-order valence-electron chi connectivity index (χ0n) is 11.3. The van der Waals surface area contributed by atoms with Crippen molar-refractivity contribution < 1.29 is 9.47 Å². The van der Waals surface area contributed by atoms with Crippen LogP contribution in [0.2, 0.25) is 0 Å². The van der Waals surface area contributed by atoms with Crippen LogP contribution < -0.4 is 4.74 Å². The van der Waals surface area contributed by atoms with E-state index < -0.39 is 0 Å². The molecule has 100 valence electrons. The average molecular weight is 251 g/mol. The van der Waals surface area contributed by atoms with Crippen LogP contribution in [0.1, 0.15) is 25.3 Å². The van der Waals surface area contributed by atoms with Crippen molar-refractivity contribution in [2.24, 2.45) is 0 Å². The Kier molecular flexibility index (Phi) is 4.14. The van der Waals surface area contributed by atoms with E-state index in [-0.39, 0.29) is 5.60 Å². The van der Waals surface area contributed by atoms with Gasteiger partial charge in [-0.1, -0.05) is 6.92 Å². The Morgan fingerprint density at radius 2 is 2.06 bits per heavy atom.